The fourth-order valence-corrected chi connectivity index (χ4v) is 4.85. The van der Waals surface area contributed by atoms with Crippen molar-refractivity contribution in [1.82, 2.24) is 0 Å². The second-order valence-electron chi connectivity index (χ2n) is 8.49. The monoisotopic (exact) mass is 466 g/mol. The lowest BCUT2D eigenvalue weighted by Gasteiger charge is -2.24. The minimum Gasteiger partial charge on any atom is -0.386 e. The predicted octanol–water partition coefficient (Wildman–Crippen LogP) is 8.32. The summed E-state index contributed by atoms with van der Waals surface area (Å²) >= 11 is 3.57. The number of aliphatic hydroxyl groups is 1. The van der Waals surface area contributed by atoms with Crippen molar-refractivity contribution in [2.75, 3.05) is 0 Å². The molecule has 0 amide bonds. The van der Waals surface area contributed by atoms with Crippen LogP contribution in [0.3, 0.4) is 0 Å². The summed E-state index contributed by atoms with van der Waals surface area (Å²) in [7, 11) is 0. The van der Waals surface area contributed by atoms with Crippen LogP contribution in [0.15, 0.2) is 102 Å². The summed E-state index contributed by atoms with van der Waals surface area (Å²) in [4.78, 5) is 0. The molecule has 5 aromatic rings. The lowest BCUT2D eigenvalue weighted by Crippen LogP contribution is -2.17. The molecular weight excluding hydrogens is 444 g/mol. The van der Waals surface area contributed by atoms with E-state index in [-0.39, 0.29) is 0 Å². The molecule has 0 saturated carbocycles. The van der Waals surface area contributed by atoms with E-state index in [2.05, 4.69) is 101 Å². The molecule has 0 heterocycles. The fraction of sp³-hybridized carbons (Fsp3) is 0.103. The largest absolute Gasteiger partial charge is 0.386 e. The summed E-state index contributed by atoms with van der Waals surface area (Å²) in [6, 6.07) is 34.1. The van der Waals surface area contributed by atoms with Crippen LogP contribution in [0.25, 0.3) is 43.8 Å². The van der Waals surface area contributed by atoms with Gasteiger partial charge in [0.05, 0.1) is 5.60 Å². The molecule has 2 heteroatoms. The van der Waals surface area contributed by atoms with E-state index in [1.54, 1.807) is 0 Å². The smallest absolute Gasteiger partial charge is 0.0846 e. The van der Waals surface area contributed by atoms with Gasteiger partial charge in [-0.1, -0.05) is 94.8 Å². The molecule has 0 aliphatic carbocycles. The lowest BCUT2D eigenvalue weighted by molar-refractivity contribution is 0.0791. The van der Waals surface area contributed by atoms with Gasteiger partial charge in [0.2, 0.25) is 0 Å². The number of rotatable bonds is 3. The van der Waals surface area contributed by atoms with Crippen molar-refractivity contribution < 1.29 is 5.11 Å². The molecule has 31 heavy (non-hydrogen) atoms. The summed E-state index contributed by atoms with van der Waals surface area (Å²) in [6.45, 7) is 3.68. The van der Waals surface area contributed by atoms with Gasteiger partial charge in [0, 0.05) is 4.47 Å². The second-order valence-corrected chi connectivity index (χ2v) is 9.40. The van der Waals surface area contributed by atoms with Gasteiger partial charge in [0.15, 0.2) is 0 Å². The first-order valence-electron chi connectivity index (χ1n) is 10.5. The molecule has 0 aromatic heterocycles. The maximum atomic E-state index is 10.9. The highest BCUT2D eigenvalue weighted by molar-refractivity contribution is 9.10. The normalized spacial score (nSPS) is 11.9. The fourth-order valence-electron chi connectivity index (χ4n) is 4.49. The van der Waals surface area contributed by atoms with E-state index in [0.717, 1.165) is 26.7 Å². The van der Waals surface area contributed by atoms with Gasteiger partial charge in [-0.25, -0.2) is 0 Å². The van der Waals surface area contributed by atoms with Gasteiger partial charge in [-0.15, -0.1) is 0 Å². The number of hydrogen-bond acceptors (Lipinski definition) is 1. The Labute approximate surface area is 191 Å². The number of halogens is 1. The molecule has 0 aliphatic heterocycles. The zero-order valence-electron chi connectivity index (χ0n) is 17.6. The molecule has 0 bridgehead atoms. The van der Waals surface area contributed by atoms with E-state index in [9.17, 15) is 5.11 Å². The van der Waals surface area contributed by atoms with Gasteiger partial charge in [-0.05, 0) is 81.4 Å². The maximum absolute atomic E-state index is 10.9. The first-order valence-corrected chi connectivity index (χ1v) is 11.3. The third-order valence-electron chi connectivity index (χ3n) is 5.92. The second kappa shape index (κ2) is 7.64. The van der Waals surface area contributed by atoms with Crippen molar-refractivity contribution in [3.05, 3.63) is 107 Å². The summed E-state index contributed by atoms with van der Waals surface area (Å²) in [5.41, 5.74) is 4.47. The summed E-state index contributed by atoms with van der Waals surface area (Å²) in [5.74, 6) is 0. The average molecular weight is 467 g/mol. The molecule has 0 aliphatic rings. The molecule has 1 nitrogen and oxygen atoms in total. The van der Waals surface area contributed by atoms with E-state index in [4.69, 9.17) is 0 Å². The first-order chi connectivity index (χ1) is 14.9. The van der Waals surface area contributed by atoms with Crippen LogP contribution >= 0.6 is 15.9 Å². The zero-order valence-corrected chi connectivity index (χ0v) is 19.1. The topological polar surface area (TPSA) is 20.2 Å². The van der Waals surface area contributed by atoms with Gasteiger partial charge >= 0.3 is 0 Å². The molecule has 152 valence electrons. The van der Waals surface area contributed by atoms with E-state index in [0.29, 0.717) is 0 Å². The summed E-state index contributed by atoms with van der Waals surface area (Å²) in [5, 5.41) is 15.9. The minimum absolute atomic E-state index is 0.902. The molecule has 0 saturated heterocycles. The van der Waals surface area contributed by atoms with Gasteiger partial charge < -0.3 is 5.11 Å². The van der Waals surface area contributed by atoms with Crippen molar-refractivity contribution in [1.29, 1.82) is 0 Å². The van der Waals surface area contributed by atoms with Crippen molar-refractivity contribution in [2.45, 2.75) is 19.4 Å². The Hall–Kier alpha value is -2.94. The van der Waals surface area contributed by atoms with E-state index >= 15 is 0 Å². The van der Waals surface area contributed by atoms with Crippen LogP contribution in [-0.4, -0.2) is 5.11 Å². The third kappa shape index (κ3) is 3.56. The van der Waals surface area contributed by atoms with Crippen molar-refractivity contribution in [3.63, 3.8) is 0 Å². The molecule has 0 atom stereocenters. The molecule has 1 N–H and O–H groups in total. The quantitative estimate of drug-likeness (QED) is 0.265. The van der Waals surface area contributed by atoms with Gasteiger partial charge in [-0.3, -0.25) is 0 Å². The minimum atomic E-state index is -0.961. The van der Waals surface area contributed by atoms with Gasteiger partial charge in [0.1, 0.15) is 0 Å². The maximum Gasteiger partial charge on any atom is 0.0846 e. The van der Waals surface area contributed by atoms with Crippen LogP contribution in [0.1, 0.15) is 19.4 Å². The predicted molar refractivity (Wildman–Crippen MR) is 135 cm³/mol. The molecule has 0 radical (unpaired) electrons. The number of fused-ring (bicyclic) bond motifs is 3. The van der Waals surface area contributed by atoms with Crippen LogP contribution < -0.4 is 0 Å². The average Bonchev–Trinajstić information content (AvgIpc) is 2.78. The third-order valence-corrected chi connectivity index (χ3v) is 6.41. The van der Waals surface area contributed by atoms with E-state index in [1.165, 1.54) is 27.1 Å². The van der Waals surface area contributed by atoms with Crippen LogP contribution in [0.5, 0.6) is 0 Å². The molecule has 0 unspecified atom stereocenters. The van der Waals surface area contributed by atoms with Crippen LogP contribution in [0.2, 0.25) is 0 Å². The Morgan fingerprint density at radius 2 is 1.16 bits per heavy atom. The molecular formula is C29H23BrO. The standard InChI is InChI=1S/C29H23BrO/c1-29(2,31)28-18-20(30)15-16-26(28)23-12-6-8-14-25(23)27-17-19-9-3-4-10-21(19)22-11-5-7-13-24(22)27/h3-18,31H,1-2H3. The van der Waals surface area contributed by atoms with Crippen LogP contribution in [-0.2, 0) is 5.60 Å². The van der Waals surface area contributed by atoms with Crippen molar-refractivity contribution in [2.24, 2.45) is 0 Å². The summed E-state index contributed by atoms with van der Waals surface area (Å²) < 4.78 is 0.960. The Bertz CT molecular complexity index is 1430. The highest BCUT2D eigenvalue weighted by Gasteiger charge is 2.23. The summed E-state index contributed by atoms with van der Waals surface area (Å²) in [6.07, 6.45) is 0. The SMILES string of the molecule is CC(C)(O)c1cc(Br)ccc1-c1ccccc1-c1cc2ccccc2c2ccccc12. The first kappa shape index (κ1) is 20.0. The van der Waals surface area contributed by atoms with E-state index < -0.39 is 5.60 Å². The Morgan fingerprint density at radius 3 is 1.87 bits per heavy atom. The molecule has 5 aromatic carbocycles. The Kier molecular flexibility index (Phi) is 4.92. The van der Waals surface area contributed by atoms with Crippen molar-refractivity contribution in [3.8, 4) is 22.3 Å². The lowest BCUT2D eigenvalue weighted by atomic mass is 9.84. The van der Waals surface area contributed by atoms with E-state index in [1.807, 2.05) is 26.0 Å². The van der Waals surface area contributed by atoms with Crippen LogP contribution in [0.4, 0.5) is 0 Å². The van der Waals surface area contributed by atoms with Gasteiger partial charge in [-0.2, -0.15) is 0 Å². The highest BCUT2D eigenvalue weighted by atomic mass is 79.9. The molecule has 0 fully saturated rings. The van der Waals surface area contributed by atoms with Crippen molar-refractivity contribution >= 4 is 37.5 Å². The molecule has 5 rings (SSSR count). The molecule has 0 spiro atoms. The van der Waals surface area contributed by atoms with Crippen LogP contribution in [0, 0.1) is 0 Å². The highest BCUT2D eigenvalue weighted by Crippen LogP contribution is 2.42. The Balaban J connectivity index is 1.86. The number of hydrogen-bond donors (Lipinski definition) is 1. The van der Waals surface area contributed by atoms with Gasteiger partial charge in [0.25, 0.3) is 0 Å². The zero-order chi connectivity index (χ0) is 21.6. The Morgan fingerprint density at radius 1 is 0.581 bits per heavy atom. The number of benzene rings is 5.